The molecule has 110 valence electrons. The third kappa shape index (κ3) is 4.17. The SMILES string of the molecule is CCOc1cc(C)nc(NCc2ccc(C(=O)O)cc2)n1. The molecule has 0 amide bonds. The van der Waals surface area contributed by atoms with E-state index in [-0.39, 0.29) is 5.56 Å². The number of hydrogen-bond donors (Lipinski definition) is 2. The van der Waals surface area contributed by atoms with Gasteiger partial charge in [-0.05, 0) is 31.5 Å². The van der Waals surface area contributed by atoms with Crippen molar-refractivity contribution in [3.63, 3.8) is 0 Å². The first-order chi connectivity index (χ1) is 10.1. The number of carboxylic acids is 1. The molecule has 6 nitrogen and oxygen atoms in total. The number of benzene rings is 1. The van der Waals surface area contributed by atoms with Gasteiger partial charge in [-0.2, -0.15) is 4.98 Å². The second kappa shape index (κ2) is 6.69. The van der Waals surface area contributed by atoms with Crippen LogP contribution in [-0.2, 0) is 6.54 Å². The second-order valence-electron chi connectivity index (χ2n) is 4.46. The van der Waals surface area contributed by atoms with Crippen LogP contribution in [0.5, 0.6) is 5.88 Å². The van der Waals surface area contributed by atoms with Gasteiger partial charge in [-0.15, -0.1) is 0 Å². The molecule has 0 bridgehead atoms. The van der Waals surface area contributed by atoms with Crippen LogP contribution in [0.25, 0.3) is 0 Å². The number of aryl methyl sites for hydroxylation is 1. The van der Waals surface area contributed by atoms with E-state index in [4.69, 9.17) is 9.84 Å². The molecule has 2 aromatic rings. The molecule has 0 saturated heterocycles. The third-order valence-corrected chi connectivity index (χ3v) is 2.77. The number of carbonyl (C=O) groups is 1. The molecule has 1 aromatic heterocycles. The molecule has 0 fully saturated rings. The van der Waals surface area contributed by atoms with Crippen molar-refractivity contribution in [1.82, 2.24) is 9.97 Å². The van der Waals surface area contributed by atoms with E-state index in [1.54, 1.807) is 30.3 Å². The van der Waals surface area contributed by atoms with Crippen LogP contribution in [-0.4, -0.2) is 27.7 Å². The van der Waals surface area contributed by atoms with Crippen LogP contribution in [0, 0.1) is 6.92 Å². The van der Waals surface area contributed by atoms with Crippen LogP contribution in [0.15, 0.2) is 30.3 Å². The molecule has 0 aliphatic heterocycles. The fraction of sp³-hybridized carbons (Fsp3) is 0.267. The van der Waals surface area contributed by atoms with Crippen LogP contribution >= 0.6 is 0 Å². The number of hydrogen-bond acceptors (Lipinski definition) is 5. The van der Waals surface area contributed by atoms with Gasteiger partial charge in [0.2, 0.25) is 11.8 Å². The number of anilines is 1. The van der Waals surface area contributed by atoms with Gasteiger partial charge in [-0.3, -0.25) is 0 Å². The van der Waals surface area contributed by atoms with Crippen LogP contribution in [0.2, 0.25) is 0 Å². The second-order valence-corrected chi connectivity index (χ2v) is 4.46. The molecule has 6 heteroatoms. The van der Waals surface area contributed by atoms with Crippen LogP contribution in [0.1, 0.15) is 28.5 Å². The van der Waals surface area contributed by atoms with E-state index >= 15 is 0 Å². The number of ether oxygens (including phenoxy) is 1. The van der Waals surface area contributed by atoms with Crippen LogP contribution < -0.4 is 10.1 Å². The molecule has 0 spiro atoms. The van der Waals surface area contributed by atoms with Gasteiger partial charge in [0.25, 0.3) is 0 Å². The van der Waals surface area contributed by atoms with Gasteiger partial charge >= 0.3 is 5.97 Å². The van der Waals surface area contributed by atoms with Gasteiger partial charge in [0.1, 0.15) is 0 Å². The average Bonchev–Trinajstić information content (AvgIpc) is 2.45. The number of rotatable bonds is 6. The van der Waals surface area contributed by atoms with Gasteiger partial charge in [0.15, 0.2) is 0 Å². The van der Waals surface area contributed by atoms with E-state index in [1.165, 1.54) is 0 Å². The van der Waals surface area contributed by atoms with Crippen molar-refractivity contribution >= 4 is 11.9 Å². The Morgan fingerprint density at radius 1 is 1.29 bits per heavy atom. The van der Waals surface area contributed by atoms with E-state index in [0.29, 0.717) is 25.0 Å². The number of nitrogens with one attached hydrogen (secondary N) is 1. The Labute approximate surface area is 122 Å². The lowest BCUT2D eigenvalue weighted by Gasteiger charge is -2.08. The largest absolute Gasteiger partial charge is 0.478 e. The van der Waals surface area contributed by atoms with Crippen molar-refractivity contribution in [3.8, 4) is 5.88 Å². The summed E-state index contributed by atoms with van der Waals surface area (Å²) in [6, 6.07) is 8.44. The zero-order valence-corrected chi connectivity index (χ0v) is 12.0. The Morgan fingerprint density at radius 3 is 2.62 bits per heavy atom. The first kappa shape index (κ1) is 14.8. The summed E-state index contributed by atoms with van der Waals surface area (Å²) in [5, 5.41) is 11.9. The maximum absolute atomic E-state index is 10.8. The fourth-order valence-corrected chi connectivity index (χ4v) is 1.79. The average molecular weight is 287 g/mol. The molecular formula is C15H17N3O3. The number of nitrogens with zero attached hydrogens (tertiary/aromatic N) is 2. The first-order valence-electron chi connectivity index (χ1n) is 6.63. The molecule has 0 radical (unpaired) electrons. The normalized spacial score (nSPS) is 10.2. The predicted molar refractivity (Wildman–Crippen MR) is 78.7 cm³/mol. The maximum Gasteiger partial charge on any atom is 0.335 e. The van der Waals surface area contributed by atoms with E-state index in [2.05, 4.69) is 15.3 Å². The molecule has 0 atom stereocenters. The highest BCUT2D eigenvalue weighted by Gasteiger charge is 2.04. The highest BCUT2D eigenvalue weighted by molar-refractivity contribution is 5.87. The standard InChI is InChI=1S/C15H17N3O3/c1-3-21-13-8-10(2)17-15(18-13)16-9-11-4-6-12(7-5-11)14(19)20/h4-8H,3,9H2,1-2H3,(H,19,20)(H,16,17,18). The van der Waals surface area contributed by atoms with Gasteiger partial charge in [0.05, 0.1) is 12.2 Å². The zero-order valence-electron chi connectivity index (χ0n) is 12.0. The quantitative estimate of drug-likeness (QED) is 0.849. The molecular weight excluding hydrogens is 270 g/mol. The summed E-state index contributed by atoms with van der Waals surface area (Å²) in [7, 11) is 0. The molecule has 1 aromatic carbocycles. The molecule has 2 N–H and O–H groups in total. The minimum absolute atomic E-state index is 0.268. The van der Waals surface area contributed by atoms with Crippen molar-refractivity contribution in [3.05, 3.63) is 47.2 Å². The van der Waals surface area contributed by atoms with Crippen LogP contribution in [0.3, 0.4) is 0 Å². The number of carboxylic acid groups (broad SMARTS) is 1. The predicted octanol–water partition coefficient (Wildman–Crippen LogP) is 2.49. The Bertz CT molecular complexity index is 627. The summed E-state index contributed by atoms with van der Waals surface area (Å²) >= 11 is 0. The lowest BCUT2D eigenvalue weighted by Crippen LogP contribution is -2.06. The zero-order chi connectivity index (χ0) is 15.2. The maximum atomic E-state index is 10.8. The summed E-state index contributed by atoms with van der Waals surface area (Å²) in [6.45, 7) is 4.83. The van der Waals surface area contributed by atoms with Gasteiger partial charge in [-0.1, -0.05) is 12.1 Å². The van der Waals surface area contributed by atoms with E-state index in [1.807, 2.05) is 13.8 Å². The van der Waals surface area contributed by atoms with Gasteiger partial charge in [0, 0.05) is 18.3 Å². The Morgan fingerprint density at radius 2 is 2.00 bits per heavy atom. The third-order valence-electron chi connectivity index (χ3n) is 2.77. The summed E-state index contributed by atoms with van der Waals surface area (Å²) in [4.78, 5) is 19.3. The molecule has 0 aliphatic rings. The molecule has 2 rings (SSSR count). The van der Waals surface area contributed by atoms with E-state index in [9.17, 15) is 4.79 Å². The minimum Gasteiger partial charge on any atom is -0.478 e. The highest BCUT2D eigenvalue weighted by atomic mass is 16.5. The summed E-state index contributed by atoms with van der Waals surface area (Å²) in [6.07, 6.45) is 0. The number of aromatic carboxylic acids is 1. The fourth-order valence-electron chi connectivity index (χ4n) is 1.79. The van der Waals surface area contributed by atoms with E-state index < -0.39 is 5.97 Å². The lowest BCUT2D eigenvalue weighted by atomic mass is 10.1. The smallest absolute Gasteiger partial charge is 0.335 e. The molecule has 0 aliphatic carbocycles. The molecule has 0 unspecified atom stereocenters. The highest BCUT2D eigenvalue weighted by Crippen LogP contribution is 2.13. The molecule has 0 saturated carbocycles. The van der Waals surface area contributed by atoms with Crippen LogP contribution in [0.4, 0.5) is 5.95 Å². The van der Waals surface area contributed by atoms with Crippen molar-refractivity contribution in [2.45, 2.75) is 20.4 Å². The molecule has 21 heavy (non-hydrogen) atoms. The van der Waals surface area contributed by atoms with Crippen molar-refractivity contribution in [2.24, 2.45) is 0 Å². The van der Waals surface area contributed by atoms with Gasteiger partial charge in [-0.25, -0.2) is 9.78 Å². The Balaban J connectivity index is 2.03. The Hall–Kier alpha value is -2.63. The summed E-state index contributed by atoms with van der Waals surface area (Å²) in [5.74, 6) is 0.0902. The Kier molecular flexibility index (Phi) is 4.71. The van der Waals surface area contributed by atoms with Crippen molar-refractivity contribution < 1.29 is 14.6 Å². The van der Waals surface area contributed by atoms with E-state index in [0.717, 1.165) is 11.3 Å². The minimum atomic E-state index is -0.933. The first-order valence-corrected chi connectivity index (χ1v) is 6.63. The molecule has 1 heterocycles. The summed E-state index contributed by atoms with van der Waals surface area (Å²) in [5.41, 5.74) is 2.03. The van der Waals surface area contributed by atoms with Crippen molar-refractivity contribution in [2.75, 3.05) is 11.9 Å². The topological polar surface area (TPSA) is 84.3 Å². The monoisotopic (exact) mass is 287 g/mol. The lowest BCUT2D eigenvalue weighted by molar-refractivity contribution is 0.0697. The number of aromatic nitrogens is 2. The summed E-state index contributed by atoms with van der Waals surface area (Å²) < 4.78 is 5.37. The van der Waals surface area contributed by atoms with Crippen molar-refractivity contribution in [1.29, 1.82) is 0 Å². The van der Waals surface area contributed by atoms with Gasteiger partial charge < -0.3 is 15.2 Å².